The van der Waals surface area contributed by atoms with Crippen LogP contribution in [0.3, 0.4) is 0 Å². The van der Waals surface area contributed by atoms with Crippen molar-refractivity contribution in [3.8, 4) is 22.8 Å². The molecule has 1 aromatic carbocycles. The van der Waals surface area contributed by atoms with Crippen molar-refractivity contribution in [2.24, 2.45) is 0 Å². The Balaban J connectivity index is 1.03. The van der Waals surface area contributed by atoms with Gasteiger partial charge >= 0.3 is 0 Å². The summed E-state index contributed by atoms with van der Waals surface area (Å²) in [5, 5.41) is 20.0. The quantitative estimate of drug-likeness (QED) is 0.178. The molecule has 49 heavy (non-hydrogen) atoms. The van der Waals surface area contributed by atoms with E-state index in [2.05, 4.69) is 45.4 Å². The Hall–Kier alpha value is -4.66. The first-order chi connectivity index (χ1) is 24.1. The summed E-state index contributed by atoms with van der Waals surface area (Å²) in [6, 6.07) is 10.5. The van der Waals surface area contributed by atoms with Gasteiger partial charge in [0.2, 0.25) is 5.95 Å². The van der Waals surface area contributed by atoms with Crippen molar-refractivity contribution in [1.82, 2.24) is 49.8 Å². The van der Waals surface area contributed by atoms with Gasteiger partial charge in [0.05, 0.1) is 43.6 Å². The van der Waals surface area contributed by atoms with Crippen LogP contribution < -0.4 is 14.8 Å². The fourth-order valence-corrected chi connectivity index (χ4v) is 6.58. The smallest absolute Gasteiger partial charge is 0.256 e. The van der Waals surface area contributed by atoms with Crippen LogP contribution in [0.2, 0.25) is 5.02 Å². The predicted octanol–water partition coefficient (Wildman–Crippen LogP) is 5.02. The van der Waals surface area contributed by atoms with E-state index in [0.29, 0.717) is 47.8 Å². The number of nitrogens with one attached hydrogen (secondary N) is 1. The molecule has 1 aliphatic carbocycles. The number of morpholine rings is 1. The van der Waals surface area contributed by atoms with Gasteiger partial charge in [-0.05, 0) is 72.4 Å². The molecule has 256 valence electrons. The first-order valence-corrected chi connectivity index (χ1v) is 17.1. The van der Waals surface area contributed by atoms with E-state index in [-0.39, 0.29) is 6.10 Å². The highest BCUT2D eigenvalue weighted by atomic mass is 35.5. The van der Waals surface area contributed by atoms with E-state index >= 15 is 0 Å². The van der Waals surface area contributed by atoms with Gasteiger partial charge in [-0.2, -0.15) is 0 Å². The minimum absolute atomic E-state index is 0.208. The number of nitrogens with zero attached hydrogens (tertiary/aromatic N) is 10. The average molecular weight is 686 g/mol. The number of hydrogen-bond donors (Lipinski definition) is 1. The van der Waals surface area contributed by atoms with E-state index in [0.717, 1.165) is 80.8 Å². The Morgan fingerprint density at radius 2 is 1.84 bits per heavy atom. The lowest BCUT2D eigenvalue weighted by atomic mass is 9.90. The molecule has 4 aromatic heterocycles. The van der Waals surface area contributed by atoms with Gasteiger partial charge in [-0.15, -0.1) is 10.2 Å². The van der Waals surface area contributed by atoms with Crippen molar-refractivity contribution in [2.45, 2.75) is 63.8 Å². The fraction of sp³-hybridized carbons (Fsp3) is 0.441. The van der Waals surface area contributed by atoms with Crippen molar-refractivity contribution in [3.05, 3.63) is 78.2 Å². The summed E-state index contributed by atoms with van der Waals surface area (Å²) >= 11 is 6.47. The summed E-state index contributed by atoms with van der Waals surface area (Å²) in [6.07, 6.45) is 15.7. The molecular formula is C34H40ClN11O3. The first kappa shape index (κ1) is 32.9. The van der Waals surface area contributed by atoms with Crippen LogP contribution in [-0.4, -0.2) is 94.9 Å². The molecule has 1 N–H and O–H groups in total. The number of rotatable bonds is 13. The van der Waals surface area contributed by atoms with Crippen LogP contribution in [0.25, 0.3) is 11.1 Å². The van der Waals surface area contributed by atoms with Crippen LogP contribution in [0.15, 0.2) is 67.6 Å². The summed E-state index contributed by atoms with van der Waals surface area (Å²) in [4.78, 5) is 16.1. The van der Waals surface area contributed by atoms with Crippen molar-refractivity contribution in [3.63, 3.8) is 0 Å². The van der Waals surface area contributed by atoms with Crippen LogP contribution in [0.4, 0.5) is 11.6 Å². The lowest BCUT2D eigenvalue weighted by Gasteiger charge is -2.38. The maximum atomic E-state index is 6.47. The molecular weight excluding hydrogens is 646 g/mol. The zero-order chi connectivity index (χ0) is 33.4. The van der Waals surface area contributed by atoms with Crippen molar-refractivity contribution >= 4 is 23.2 Å². The van der Waals surface area contributed by atoms with Gasteiger partial charge in [0.1, 0.15) is 23.9 Å². The van der Waals surface area contributed by atoms with Gasteiger partial charge < -0.3 is 19.5 Å². The topological polar surface area (TPSA) is 143 Å². The molecule has 1 aliphatic heterocycles. The van der Waals surface area contributed by atoms with Crippen LogP contribution in [-0.2, 0) is 17.7 Å². The summed E-state index contributed by atoms with van der Waals surface area (Å²) in [7, 11) is 0. The molecule has 0 bridgehead atoms. The van der Waals surface area contributed by atoms with E-state index in [9.17, 15) is 0 Å². The van der Waals surface area contributed by atoms with Gasteiger partial charge in [-0.1, -0.05) is 23.7 Å². The molecule has 14 nitrogen and oxygen atoms in total. The maximum absolute atomic E-state index is 6.47. The largest absolute Gasteiger partial charge is 0.487 e. The molecule has 0 spiro atoms. The van der Waals surface area contributed by atoms with Crippen LogP contribution in [0.5, 0.6) is 11.6 Å². The molecule has 1 saturated heterocycles. The Morgan fingerprint density at radius 3 is 2.59 bits per heavy atom. The minimum Gasteiger partial charge on any atom is -0.487 e. The highest BCUT2D eigenvalue weighted by molar-refractivity contribution is 6.32. The second kappa shape index (κ2) is 15.7. The minimum atomic E-state index is -0.208. The van der Waals surface area contributed by atoms with Crippen LogP contribution >= 0.6 is 11.6 Å². The van der Waals surface area contributed by atoms with E-state index in [1.807, 2.05) is 43.6 Å². The summed E-state index contributed by atoms with van der Waals surface area (Å²) in [5.74, 6) is 1.53. The third kappa shape index (κ3) is 8.50. The van der Waals surface area contributed by atoms with E-state index in [1.165, 1.54) is 0 Å². The number of hydrogen-bond acceptors (Lipinski definition) is 12. The number of aromatic nitrogens is 9. The predicted molar refractivity (Wildman–Crippen MR) is 183 cm³/mol. The molecule has 5 aromatic rings. The Labute approximate surface area is 289 Å². The van der Waals surface area contributed by atoms with Gasteiger partial charge in [-0.25, -0.2) is 14.6 Å². The third-order valence-corrected chi connectivity index (χ3v) is 9.29. The second-order valence-corrected chi connectivity index (χ2v) is 12.8. The number of pyridine rings is 1. The zero-order valence-electron chi connectivity index (χ0n) is 27.4. The number of tetrazole rings is 1. The van der Waals surface area contributed by atoms with Gasteiger partial charge in [0.15, 0.2) is 0 Å². The third-order valence-electron chi connectivity index (χ3n) is 8.98. The molecule has 1 atom stereocenters. The molecule has 2 aliphatic rings. The molecule has 5 heterocycles. The molecule has 2 fully saturated rings. The summed E-state index contributed by atoms with van der Waals surface area (Å²) in [5.41, 5.74) is 3.53. The Bertz CT molecular complexity index is 1760. The standard InChI is InChI=1S/C34H40ClN11O3/c1-24(21-45-23-39-42-43-45)49-32-17-26(4-9-30(32)35)27-19-37-34(38-20-27)40-31-22-46(41-33(31)48-14-10-25-3-2-11-36-18-25)29-7-5-28(6-8-29)44-12-15-47-16-13-44/h2-4,9,11,17-20,22-24,28-29H,5-8,10,12-16,21H2,1H3,(H,37,38,40)/t24-,28-,29-/m0/s1. The number of halogens is 1. The van der Waals surface area contributed by atoms with Crippen molar-refractivity contribution in [1.29, 1.82) is 0 Å². The molecule has 7 rings (SSSR count). The number of anilines is 2. The highest BCUT2D eigenvalue weighted by Crippen LogP contribution is 2.35. The van der Waals surface area contributed by atoms with Gasteiger partial charge in [0.25, 0.3) is 5.88 Å². The average Bonchev–Trinajstić information content (AvgIpc) is 3.80. The first-order valence-electron chi connectivity index (χ1n) is 16.8. The van der Waals surface area contributed by atoms with Gasteiger partial charge in [-0.3, -0.25) is 14.6 Å². The molecule has 0 radical (unpaired) electrons. The number of ether oxygens (including phenoxy) is 3. The van der Waals surface area contributed by atoms with Crippen LogP contribution in [0, 0.1) is 0 Å². The summed E-state index contributed by atoms with van der Waals surface area (Å²) in [6.45, 7) is 6.59. The zero-order valence-corrected chi connectivity index (χ0v) is 28.2. The maximum Gasteiger partial charge on any atom is 0.256 e. The SMILES string of the molecule is C[C@@H](Cn1cnnn1)Oc1cc(-c2cnc(Nc3cn([C@H]4CC[C@H](N5CCOCC5)CC4)nc3OCCc3cccnc3)nc2)ccc1Cl. The normalized spacial score (nSPS) is 19.0. The Morgan fingerprint density at radius 1 is 1.02 bits per heavy atom. The monoisotopic (exact) mass is 685 g/mol. The van der Waals surface area contributed by atoms with Crippen LogP contribution in [0.1, 0.15) is 44.2 Å². The van der Waals surface area contributed by atoms with E-state index in [1.54, 1.807) is 35.7 Å². The lowest BCUT2D eigenvalue weighted by molar-refractivity contribution is 0.00503. The molecule has 15 heteroatoms. The van der Waals surface area contributed by atoms with E-state index < -0.39 is 0 Å². The Kier molecular flexibility index (Phi) is 10.5. The summed E-state index contributed by atoms with van der Waals surface area (Å²) < 4.78 is 21.6. The molecule has 0 amide bonds. The van der Waals surface area contributed by atoms with Gasteiger partial charge in [0, 0.05) is 55.9 Å². The fourth-order valence-electron chi connectivity index (χ4n) is 6.41. The van der Waals surface area contributed by atoms with Crippen molar-refractivity contribution < 1.29 is 14.2 Å². The molecule has 0 unspecified atom stereocenters. The highest BCUT2D eigenvalue weighted by Gasteiger charge is 2.29. The second-order valence-electron chi connectivity index (χ2n) is 12.4. The number of benzene rings is 1. The van der Waals surface area contributed by atoms with E-state index in [4.69, 9.17) is 30.9 Å². The molecule has 1 saturated carbocycles. The lowest BCUT2D eigenvalue weighted by Crippen LogP contribution is -2.45. The van der Waals surface area contributed by atoms with Crippen molar-refractivity contribution in [2.75, 3.05) is 38.2 Å².